The second-order valence-corrected chi connectivity index (χ2v) is 15.7. The number of phosphoric ester groups is 1. The van der Waals surface area contributed by atoms with Gasteiger partial charge >= 0.3 is 0 Å². The van der Waals surface area contributed by atoms with Gasteiger partial charge in [0, 0.05) is 6.42 Å². The van der Waals surface area contributed by atoms with Gasteiger partial charge in [-0.05, 0) is 57.8 Å². The molecule has 282 valence electrons. The molecule has 0 radical (unpaired) electrons. The van der Waals surface area contributed by atoms with E-state index >= 15 is 0 Å². The molecule has 0 saturated heterocycles. The van der Waals surface area contributed by atoms with E-state index in [9.17, 15) is 19.4 Å². The molecule has 3 unspecified atom stereocenters. The second kappa shape index (κ2) is 31.7. The Morgan fingerprint density at radius 2 is 1.17 bits per heavy atom. The van der Waals surface area contributed by atoms with Crippen LogP contribution < -0.4 is 10.2 Å². The summed E-state index contributed by atoms with van der Waals surface area (Å²) in [5, 5.41) is 13.7. The number of likely N-dealkylation sites (N-methyl/N-ethyl adjacent to an activating group) is 1. The van der Waals surface area contributed by atoms with Gasteiger partial charge in [-0.1, -0.05) is 127 Å². The maximum absolute atomic E-state index is 12.8. The molecular weight excluding hydrogens is 623 g/mol. The minimum absolute atomic E-state index is 0.00768. The molecule has 8 nitrogen and oxygen atoms in total. The Labute approximate surface area is 296 Å². The number of quaternary nitrogens is 1. The molecule has 0 aliphatic heterocycles. The van der Waals surface area contributed by atoms with Gasteiger partial charge in [0.1, 0.15) is 13.2 Å². The third-order valence-electron chi connectivity index (χ3n) is 8.32. The van der Waals surface area contributed by atoms with Gasteiger partial charge in [0.05, 0.1) is 39.9 Å². The summed E-state index contributed by atoms with van der Waals surface area (Å²) in [6.45, 7) is 4.55. The highest BCUT2D eigenvalue weighted by Crippen LogP contribution is 2.38. The number of nitrogens with one attached hydrogen (secondary N) is 1. The number of aliphatic hydroxyl groups excluding tert-OH is 1. The molecule has 48 heavy (non-hydrogen) atoms. The zero-order valence-corrected chi connectivity index (χ0v) is 32.6. The first-order valence-electron chi connectivity index (χ1n) is 19.4. The van der Waals surface area contributed by atoms with E-state index in [0.29, 0.717) is 17.4 Å². The van der Waals surface area contributed by atoms with Gasteiger partial charge in [-0.25, -0.2) is 0 Å². The highest BCUT2D eigenvalue weighted by molar-refractivity contribution is 7.45. The average Bonchev–Trinajstić information content (AvgIpc) is 3.02. The Morgan fingerprint density at radius 3 is 1.71 bits per heavy atom. The Kier molecular flexibility index (Phi) is 30.8. The predicted molar refractivity (Wildman–Crippen MR) is 201 cm³/mol. The van der Waals surface area contributed by atoms with Crippen LogP contribution in [0.2, 0.25) is 0 Å². The lowest BCUT2D eigenvalue weighted by molar-refractivity contribution is -0.870. The number of hydrogen-bond donors (Lipinski definition) is 2. The summed E-state index contributed by atoms with van der Waals surface area (Å²) in [5.41, 5.74) is 0. The monoisotopic (exact) mass is 699 g/mol. The zero-order valence-electron chi connectivity index (χ0n) is 31.7. The molecule has 3 atom stereocenters. The highest BCUT2D eigenvalue weighted by atomic mass is 31.2. The fourth-order valence-electron chi connectivity index (χ4n) is 5.16. The normalized spacial score (nSPS) is 15.1. The summed E-state index contributed by atoms with van der Waals surface area (Å²) >= 11 is 0. The number of allylic oxidation sites excluding steroid dienone is 5. The lowest BCUT2D eigenvalue weighted by Crippen LogP contribution is -2.45. The number of amides is 1. The van der Waals surface area contributed by atoms with Crippen molar-refractivity contribution >= 4 is 13.7 Å². The molecule has 0 rings (SSSR count). The number of nitrogens with zero attached hydrogens (tertiary/aromatic N) is 1. The number of carbonyl (C=O) groups excluding carboxylic acids is 1. The van der Waals surface area contributed by atoms with Crippen LogP contribution in [-0.4, -0.2) is 68.5 Å². The van der Waals surface area contributed by atoms with Crippen molar-refractivity contribution in [1.29, 1.82) is 0 Å². The van der Waals surface area contributed by atoms with E-state index in [1.165, 1.54) is 96.3 Å². The standard InChI is InChI=1S/C39H75N2O6P/c1-6-8-10-12-14-16-18-19-20-21-23-25-27-29-31-33-39(43)40-37(36-47-48(44,45)46-35-34-41(3,4)5)38(42)32-30-28-26-24-22-17-15-13-11-9-7-2/h16,18,22,24,30,32,37-38,42H,6-15,17,19-21,23,25-29,31,33-36H2,1-5H3,(H-,40,43,44,45)/b18-16-,24-22+,32-30+. The first-order valence-corrected chi connectivity index (χ1v) is 20.8. The van der Waals surface area contributed by atoms with Gasteiger partial charge < -0.3 is 28.8 Å². The van der Waals surface area contributed by atoms with Crippen LogP contribution in [-0.2, 0) is 18.4 Å². The van der Waals surface area contributed by atoms with Gasteiger partial charge in [0.25, 0.3) is 7.82 Å². The number of unbranched alkanes of at least 4 members (excludes halogenated alkanes) is 17. The van der Waals surface area contributed by atoms with Crippen molar-refractivity contribution in [3.05, 3.63) is 36.5 Å². The van der Waals surface area contributed by atoms with Crippen LogP contribution in [0.5, 0.6) is 0 Å². The van der Waals surface area contributed by atoms with E-state index in [-0.39, 0.29) is 12.5 Å². The molecule has 0 aromatic heterocycles. The van der Waals surface area contributed by atoms with E-state index in [0.717, 1.165) is 38.5 Å². The van der Waals surface area contributed by atoms with Crippen molar-refractivity contribution in [2.24, 2.45) is 0 Å². The molecule has 0 bridgehead atoms. The van der Waals surface area contributed by atoms with Gasteiger partial charge in [-0.2, -0.15) is 0 Å². The average molecular weight is 699 g/mol. The quantitative estimate of drug-likeness (QED) is 0.0300. The number of rotatable bonds is 34. The minimum Gasteiger partial charge on any atom is -0.756 e. The molecule has 0 aromatic carbocycles. The van der Waals surface area contributed by atoms with E-state index in [1.54, 1.807) is 6.08 Å². The molecule has 2 N–H and O–H groups in total. The molecule has 9 heteroatoms. The van der Waals surface area contributed by atoms with Gasteiger partial charge in [-0.15, -0.1) is 0 Å². The third-order valence-corrected chi connectivity index (χ3v) is 9.29. The Hall–Kier alpha value is -1.28. The summed E-state index contributed by atoms with van der Waals surface area (Å²) < 4.78 is 23.0. The molecule has 0 aliphatic carbocycles. The zero-order chi connectivity index (χ0) is 35.8. The largest absolute Gasteiger partial charge is 0.756 e. The molecular formula is C39H75N2O6P. The molecule has 0 aliphatic rings. The van der Waals surface area contributed by atoms with Crippen molar-refractivity contribution < 1.29 is 32.9 Å². The molecule has 1 amide bonds. The third kappa shape index (κ3) is 33.2. The van der Waals surface area contributed by atoms with Crippen molar-refractivity contribution in [1.82, 2.24) is 5.32 Å². The van der Waals surface area contributed by atoms with Crippen LogP contribution in [0.1, 0.15) is 155 Å². The molecule has 0 spiro atoms. The molecule has 0 heterocycles. The van der Waals surface area contributed by atoms with Crippen LogP contribution in [0.3, 0.4) is 0 Å². The number of phosphoric acid groups is 1. The lowest BCUT2D eigenvalue weighted by Gasteiger charge is -2.29. The summed E-state index contributed by atoms with van der Waals surface area (Å²) in [6, 6.07) is -0.901. The first-order chi connectivity index (χ1) is 23.0. The number of hydrogen-bond acceptors (Lipinski definition) is 6. The van der Waals surface area contributed by atoms with Crippen molar-refractivity contribution in [3.63, 3.8) is 0 Å². The van der Waals surface area contributed by atoms with E-state index in [2.05, 4.69) is 43.5 Å². The topological polar surface area (TPSA) is 108 Å². The maximum Gasteiger partial charge on any atom is 0.268 e. The van der Waals surface area contributed by atoms with E-state index in [1.807, 2.05) is 27.2 Å². The summed E-state index contributed by atoms with van der Waals surface area (Å²) in [4.78, 5) is 25.1. The van der Waals surface area contributed by atoms with Crippen LogP contribution in [0.15, 0.2) is 36.5 Å². The molecule has 0 aromatic rings. The van der Waals surface area contributed by atoms with Crippen LogP contribution in [0.25, 0.3) is 0 Å². The van der Waals surface area contributed by atoms with Crippen molar-refractivity contribution in [2.75, 3.05) is 40.9 Å². The van der Waals surface area contributed by atoms with Gasteiger partial charge in [-0.3, -0.25) is 9.36 Å². The van der Waals surface area contributed by atoms with E-state index in [4.69, 9.17) is 9.05 Å². The predicted octanol–water partition coefficient (Wildman–Crippen LogP) is 9.33. The number of carbonyl (C=O) groups is 1. The number of aliphatic hydroxyl groups is 1. The summed E-state index contributed by atoms with van der Waals surface area (Å²) in [7, 11) is 1.23. The Balaban J connectivity index is 4.55. The fourth-order valence-corrected chi connectivity index (χ4v) is 5.88. The molecule has 0 fully saturated rings. The minimum atomic E-state index is -4.59. The Morgan fingerprint density at radius 1 is 0.708 bits per heavy atom. The molecule has 0 saturated carbocycles. The van der Waals surface area contributed by atoms with Crippen molar-refractivity contribution in [2.45, 2.75) is 167 Å². The van der Waals surface area contributed by atoms with Gasteiger partial charge in [0.2, 0.25) is 5.91 Å². The highest BCUT2D eigenvalue weighted by Gasteiger charge is 2.23. The summed E-state index contributed by atoms with van der Waals surface area (Å²) in [6.07, 6.45) is 36.1. The Bertz CT molecular complexity index is 886. The fraction of sp³-hybridized carbons (Fsp3) is 0.821. The lowest BCUT2D eigenvalue weighted by atomic mass is 10.1. The first kappa shape index (κ1) is 46.7. The van der Waals surface area contributed by atoms with E-state index < -0.39 is 26.6 Å². The van der Waals surface area contributed by atoms with Gasteiger partial charge in [0.15, 0.2) is 0 Å². The smallest absolute Gasteiger partial charge is 0.268 e. The summed E-state index contributed by atoms with van der Waals surface area (Å²) in [5.74, 6) is -0.217. The van der Waals surface area contributed by atoms with Crippen LogP contribution in [0.4, 0.5) is 0 Å². The SMILES string of the molecule is CCCCCC/C=C\CCCCCCCCCC(=O)NC(COP(=O)([O-])OCC[N+](C)(C)C)C(O)/C=C/CC/C=C/CCCCCCC. The van der Waals surface area contributed by atoms with Crippen LogP contribution in [0, 0.1) is 0 Å². The van der Waals surface area contributed by atoms with Crippen molar-refractivity contribution in [3.8, 4) is 0 Å². The second-order valence-electron chi connectivity index (χ2n) is 14.3. The maximum atomic E-state index is 12.8. The van der Waals surface area contributed by atoms with Crippen LogP contribution >= 0.6 is 7.82 Å².